The van der Waals surface area contributed by atoms with Crippen LogP contribution in [0.3, 0.4) is 0 Å². The molecule has 1 aliphatic rings. The standard InChI is InChI=1S/C23H24N4O5S/c1-13-8-16(26-19(9-13)27-18-10-14(4-7-24-18)11-20(28)29)17-12-25-22(33-17)23(32)5-2-15(3-6-23)21(30)31/h4,7-10,12,15,32H,2-3,5-6,11H2,1H3,(H,28,29)(H,30,31)(H,24,26,27). The van der Waals surface area contributed by atoms with Crippen LogP contribution in [-0.2, 0) is 21.6 Å². The van der Waals surface area contributed by atoms with Crippen molar-refractivity contribution in [1.82, 2.24) is 15.0 Å². The van der Waals surface area contributed by atoms with E-state index in [4.69, 9.17) is 5.11 Å². The van der Waals surface area contributed by atoms with Crippen molar-refractivity contribution < 1.29 is 24.9 Å². The van der Waals surface area contributed by atoms with Crippen molar-refractivity contribution in [2.24, 2.45) is 5.92 Å². The summed E-state index contributed by atoms with van der Waals surface area (Å²) in [7, 11) is 0. The lowest BCUT2D eigenvalue weighted by atomic mass is 9.79. The minimum absolute atomic E-state index is 0.0938. The van der Waals surface area contributed by atoms with Crippen LogP contribution in [0.4, 0.5) is 11.6 Å². The number of carboxylic acid groups (broad SMARTS) is 2. The number of anilines is 2. The zero-order valence-electron chi connectivity index (χ0n) is 18.0. The van der Waals surface area contributed by atoms with Gasteiger partial charge in [-0.25, -0.2) is 15.0 Å². The van der Waals surface area contributed by atoms with E-state index < -0.39 is 23.5 Å². The smallest absolute Gasteiger partial charge is 0.307 e. The van der Waals surface area contributed by atoms with E-state index in [1.165, 1.54) is 11.3 Å². The molecule has 0 radical (unpaired) electrons. The summed E-state index contributed by atoms with van der Waals surface area (Å²) in [5.41, 5.74) is 1.16. The zero-order chi connectivity index (χ0) is 23.6. The molecule has 9 nitrogen and oxygen atoms in total. The highest BCUT2D eigenvalue weighted by molar-refractivity contribution is 7.15. The van der Waals surface area contributed by atoms with Crippen LogP contribution >= 0.6 is 11.3 Å². The molecule has 4 N–H and O–H groups in total. The van der Waals surface area contributed by atoms with Gasteiger partial charge in [0.05, 0.1) is 22.9 Å². The highest BCUT2D eigenvalue weighted by atomic mass is 32.1. The van der Waals surface area contributed by atoms with E-state index >= 15 is 0 Å². The Hall–Kier alpha value is -3.37. The van der Waals surface area contributed by atoms with Crippen LogP contribution in [0.1, 0.15) is 41.8 Å². The van der Waals surface area contributed by atoms with E-state index in [9.17, 15) is 19.8 Å². The van der Waals surface area contributed by atoms with E-state index in [0.717, 1.165) is 10.4 Å². The van der Waals surface area contributed by atoms with Crippen LogP contribution in [-0.4, -0.2) is 42.2 Å². The number of aliphatic carboxylic acids is 2. The highest BCUT2D eigenvalue weighted by Crippen LogP contribution is 2.42. The van der Waals surface area contributed by atoms with Gasteiger partial charge in [0.2, 0.25) is 0 Å². The van der Waals surface area contributed by atoms with E-state index in [2.05, 4.69) is 20.3 Å². The second kappa shape index (κ2) is 9.24. The number of hydrogen-bond donors (Lipinski definition) is 4. The lowest BCUT2D eigenvalue weighted by molar-refractivity contribution is -0.145. The fraction of sp³-hybridized carbons (Fsp3) is 0.348. The summed E-state index contributed by atoms with van der Waals surface area (Å²) in [6.45, 7) is 1.94. The fourth-order valence-electron chi connectivity index (χ4n) is 3.98. The number of pyridine rings is 2. The van der Waals surface area contributed by atoms with Crippen molar-refractivity contribution in [3.05, 3.63) is 52.8 Å². The number of carboxylic acids is 2. The molecule has 3 aromatic heterocycles. The molecule has 4 rings (SSSR count). The van der Waals surface area contributed by atoms with Crippen LogP contribution < -0.4 is 5.32 Å². The maximum atomic E-state index is 11.2. The summed E-state index contributed by atoms with van der Waals surface area (Å²) in [5, 5.41) is 33.0. The van der Waals surface area contributed by atoms with Crippen molar-refractivity contribution in [3.8, 4) is 10.6 Å². The minimum atomic E-state index is -1.12. The van der Waals surface area contributed by atoms with E-state index in [1.54, 1.807) is 24.5 Å². The third kappa shape index (κ3) is 5.35. The van der Waals surface area contributed by atoms with Crippen LogP contribution in [0.25, 0.3) is 10.6 Å². The molecule has 0 amide bonds. The molecule has 3 heterocycles. The van der Waals surface area contributed by atoms with Crippen molar-refractivity contribution in [2.75, 3.05) is 5.32 Å². The summed E-state index contributed by atoms with van der Waals surface area (Å²) >= 11 is 1.35. The number of carbonyl (C=O) groups is 2. The Morgan fingerprint density at radius 3 is 2.61 bits per heavy atom. The average molecular weight is 469 g/mol. The van der Waals surface area contributed by atoms with Gasteiger partial charge in [-0.05, 0) is 68.0 Å². The Labute approximate surface area is 194 Å². The zero-order valence-corrected chi connectivity index (χ0v) is 18.8. The molecule has 1 fully saturated rings. The molecule has 0 saturated heterocycles. The van der Waals surface area contributed by atoms with Gasteiger partial charge >= 0.3 is 11.9 Å². The summed E-state index contributed by atoms with van der Waals surface area (Å²) in [6.07, 6.45) is 4.71. The predicted octanol–water partition coefficient (Wildman–Crippen LogP) is 3.74. The maximum absolute atomic E-state index is 11.2. The van der Waals surface area contributed by atoms with Gasteiger partial charge in [-0.15, -0.1) is 11.3 Å². The summed E-state index contributed by atoms with van der Waals surface area (Å²) in [4.78, 5) is 36.3. The summed E-state index contributed by atoms with van der Waals surface area (Å²) < 4.78 is 0. The van der Waals surface area contributed by atoms with Crippen molar-refractivity contribution in [3.63, 3.8) is 0 Å². The molecular weight excluding hydrogens is 444 g/mol. The third-order valence-electron chi connectivity index (χ3n) is 5.72. The summed E-state index contributed by atoms with van der Waals surface area (Å²) in [6, 6.07) is 7.10. The van der Waals surface area contributed by atoms with Crippen LogP contribution in [0, 0.1) is 12.8 Å². The third-order valence-corrected chi connectivity index (χ3v) is 6.94. The Bertz CT molecular complexity index is 1190. The number of aromatic nitrogens is 3. The number of thiazole rings is 1. The van der Waals surface area contributed by atoms with Crippen molar-refractivity contribution in [2.45, 2.75) is 44.6 Å². The molecule has 1 saturated carbocycles. The molecule has 3 aromatic rings. The Morgan fingerprint density at radius 2 is 1.91 bits per heavy atom. The van der Waals surface area contributed by atoms with Gasteiger partial charge < -0.3 is 20.6 Å². The van der Waals surface area contributed by atoms with Crippen molar-refractivity contribution in [1.29, 1.82) is 0 Å². The molecule has 0 unspecified atom stereocenters. The topological polar surface area (TPSA) is 146 Å². The number of hydrogen-bond acceptors (Lipinski definition) is 8. The highest BCUT2D eigenvalue weighted by Gasteiger charge is 2.39. The maximum Gasteiger partial charge on any atom is 0.307 e. The Morgan fingerprint density at radius 1 is 1.15 bits per heavy atom. The molecule has 0 aliphatic heterocycles. The van der Waals surface area contributed by atoms with Gasteiger partial charge in [0, 0.05) is 12.4 Å². The number of aryl methyl sites for hydroxylation is 1. The van der Waals surface area contributed by atoms with E-state index in [0.29, 0.717) is 53.6 Å². The van der Waals surface area contributed by atoms with Gasteiger partial charge in [0.15, 0.2) is 0 Å². The molecule has 172 valence electrons. The van der Waals surface area contributed by atoms with E-state index in [1.807, 2.05) is 19.1 Å². The molecule has 0 spiro atoms. The first-order chi connectivity index (χ1) is 15.7. The first-order valence-corrected chi connectivity index (χ1v) is 11.4. The molecule has 1 aliphatic carbocycles. The lowest BCUT2D eigenvalue weighted by Crippen LogP contribution is -2.33. The molecular formula is C23H24N4O5S. The first-order valence-electron chi connectivity index (χ1n) is 10.6. The SMILES string of the molecule is Cc1cc(Nc2cc(CC(=O)O)ccn2)nc(-c2cnc(C3(O)CCC(C(=O)O)CC3)s2)c1. The largest absolute Gasteiger partial charge is 0.481 e. The van der Waals surface area contributed by atoms with Gasteiger partial charge in [0.25, 0.3) is 0 Å². The van der Waals surface area contributed by atoms with Crippen LogP contribution in [0.5, 0.6) is 0 Å². The van der Waals surface area contributed by atoms with E-state index in [-0.39, 0.29) is 6.42 Å². The minimum Gasteiger partial charge on any atom is -0.481 e. The van der Waals surface area contributed by atoms with Gasteiger partial charge in [-0.3, -0.25) is 9.59 Å². The van der Waals surface area contributed by atoms with Gasteiger partial charge in [0.1, 0.15) is 22.2 Å². The monoisotopic (exact) mass is 468 g/mol. The average Bonchev–Trinajstić information content (AvgIpc) is 3.25. The molecule has 33 heavy (non-hydrogen) atoms. The van der Waals surface area contributed by atoms with Gasteiger partial charge in [-0.1, -0.05) is 0 Å². The number of rotatable bonds is 7. The normalized spacial score (nSPS) is 20.4. The quantitative estimate of drug-likeness (QED) is 0.407. The second-order valence-corrected chi connectivity index (χ2v) is 9.36. The summed E-state index contributed by atoms with van der Waals surface area (Å²) in [5.74, 6) is -1.10. The Balaban J connectivity index is 1.54. The Kier molecular flexibility index (Phi) is 6.39. The fourth-order valence-corrected chi connectivity index (χ4v) is 5.00. The number of nitrogens with zero attached hydrogens (tertiary/aromatic N) is 3. The van der Waals surface area contributed by atoms with Crippen molar-refractivity contribution >= 4 is 34.9 Å². The number of nitrogens with one attached hydrogen (secondary N) is 1. The van der Waals surface area contributed by atoms with Crippen LogP contribution in [0.15, 0.2) is 36.7 Å². The first kappa shape index (κ1) is 22.8. The molecule has 0 bridgehead atoms. The molecule has 10 heteroatoms. The molecule has 0 aromatic carbocycles. The number of aliphatic hydroxyl groups is 1. The molecule has 0 atom stereocenters. The lowest BCUT2D eigenvalue weighted by Gasteiger charge is -2.32. The second-order valence-electron chi connectivity index (χ2n) is 8.33. The predicted molar refractivity (Wildman–Crippen MR) is 122 cm³/mol. The van der Waals surface area contributed by atoms with Crippen LogP contribution in [0.2, 0.25) is 0 Å². The van der Waals surface area contributed by atoms with Gasteiger partial charge in [-0.2, -0.15) is 0 Å².